The molecule has 36 heavy (non-hydrogen) atoms. The highest BCUT2D eigenvalue weighted by atomic mass is 35.5. The Kier molecular flexibility index (Phi) is 7.63. The lowest BCUT2D eigenvalue weighted by atomic mass is 9.96. The van der Waals surface area contributed by atoms with Crippen LogP contribution in [0.5, 0.6) is 0 Å². The summed E-state index contributed by atoms with van der Waals surface area (Å²) in [5.74, 6) is 0.672. The lowest BCUT2D eigenvalue weighted by Crippen LogP contribution is -2.40. The number of halogens is 1. The largest absolute Gasteiger partial charge is 0.339 e. The number of nitrogens with zero attached hydrogens (tertiary/aromatic N) is 4. The van der Waals surface area contributed by atoms with Crippen molar-refractivity contribution in [2.24, 2.45) is 5.92 Å². The summed E-state index contributed by atoms with van der Waals surface area (Å²) >= 11 is 6.25. The third-order valence-corrected chi connectivity index (χ3v) is 7.21. The summed E-state index contributed by atoms with van der Waals surface area (Å²) in [5, 5.41) is 7.68. The van der Waals surface area contributed by atoms with Crippen LogP contribution in [-0.2, 0) is 11.3 Å². The van der Waals surface area contributed by atoms with Gasteiger partial charge in [0.25, 0.3) is 5.91 Å². The van der Waals surface area contributed by atoms with Gasteiger partial charge in [-0.3, -0.25) is 14.5 Å². The zero-order chi connectivity index (χ0) is 24.9. The number of aromatic nitrogens is 2. The zero-order valence-corrected chi connectivity index (χ0v) is 20.9. The Morgan fingerprint density at radius 3 is 2.61 bits per heavy atom. The summed E-state index contributed by atoms with van der Waals surface area (Å²) < 4.78 is 5.46. The number of benzene rings is 2. The van der Waals surface area contributed by atoms with E-state index in [-0.39, 0.29) is 17.7 Å². The summed E-state index contributed by atoms with van der Waals surface area (Å²) in [6.45, 7) is 3.43. The van der Waals surface area contributed by atoms with Crippen molar-refractivity contribution >= 4 is 29.1 Å². The van der Waals surface area contributed by atoms with Crippen LogP contribution >= 0.6 is 11.6 Å². The Bertz CT molecular complexity index is 1220. The van der Waals surface area contributed by atoms with Gasteiger partial charge in [0.15, 0.2) is 0 Å². The normalized spacial score (nSPS) is 18.7. The fraction of sp³-hybridized carbons (Fsp3) is 0.407. The van der Waals surface area contributed by atoms with Gasteiger partial charge in [0.2, 0.25) is 17.6 Å². The lowest BCUT2D eigenvalue weighted by molar-refractivity contribution is -0.121. The summed E-state index contributed by atoms with van der Waals surface area (Å²) in [4.78, 5) is 34.9. The van der Waals surface area contributed by atoms with Crippen molar-refractivity contribution in [3.05, 3.63) is 65.0 Å². The van der Waals surface area contributed by atoms with Gasteiger partial charge in [0, 0.05) is 25.2 Å². The van der Waals surface area contributed by atoms with Gasteiger partial charge in [-0.2, -0.15) is 4.98 Å². The van der Waals surface area contributed by atoms with E-state index >= 15 is 0 Å². The predicted octanol–water partition coefficient (Wildman–Crippen LogP) is 4.87. The number of hydrogen-bond acceptors (Lipinski definition) is 6. The molecule has 2 aromatic carbocycles. The monoisotopic (exact) mass is 507 g/mol. The maximum Gasteiger partial charge on any atom is 0.255 e. The number of nitrogens with one attached hydrogen (secondary N) is 1. The first-order valence-electron chi connectivity index (χ1n) is 12.6. The number of likely N-dealkylation sites (tertiary alicyclic amines) is 2. The highest BCUT2D eigenvalue weighted by Gasteiger charge is 2.28. The van der Waals surface area contributed by atoms with Crippen LogP contribution in [0.2, 0.25) is 5.02 Å². The highest BCUT2D eigenvalue weighted by Crippen LogP contribution is 2.27. The van der Waals surface area contributed by atoms with Crippen molar-refractivity contribution in [2.75, 3.05) is 31.5 Å². The fourth-order valence-corrected chi connectivity index (χ4v) is 5.18. The molecule has 2 amide bonds. The van der Waals surface area contributed by atoms with Gasteiger partial charge in [0.1, 0.15) is 0 Å². The lowest BCUT2D eigenvalue weighted by Gasteiger charge is -2.31. The van der Waals surface area contributed by atoms with Crippen molar-refractivity contribution in [3.8, 4) is 11.4 Å². The molecule has 1 atom stereocenters. The van der Waals surface area contributed by atoms with Crippen LogP contribution in [0.4, 0.5) is 5.69 Å². The number of carbonyl (C=O) groups excluding carboxylic acids is 2. The summed E-state index contributed by atoms with van der Waals surface area (Å²) in [5.41, 5.74) is 1.86. The molecule has 1 N–H and O–H groups in total. The Labute approximate surface area is 215 Å². The average Bonchev–Trinajstić information content (AvgIpc) is 3.37. The van der Waals surface area contributed by atoms with E-state index in [4.69, 9.17) is 16.1 Å². The van der Waals surface area contributed by atoms with E-state index < -0.39 is 0 Å². The molecule has 2 aliphatic rings. The van der Waals surface area contributed by atoms with Crippen LogP contribution in [0, 0.1) is 5.92 Å². The maximum atomic E-state index is 13.2. The van der Waals surface area contributed by atoms with Gasteiger partial charge in [-0.05, 0) is 62.9 Å². The molecule has 0 spiro atoms. The van der Waals surface area contributed by atoms with Crippen LogP contribution < -0.4 is 5.32 Å². The summed E-state index contributed by atoms with van der Waals surface area (Å²) in [6, 6.07) is 14.7. The third kappa shape index (κ3) is 5.60. The van der Waals surface area contributed by atoms with Crippen LogP contribution in [-0.4, -0.2) is 57.9 Å². The molecule has 0 aliphatic carbocycles. The summed E-state index contributed by atoms with van der Waals surface area (Å²) in [6.07, 6.45) is 4.89. The SMILES string of the molecule is O=C(Nc1ccccc1C(=O)N1CCCCC1)C1CCCN(Cc2nc(-c3ccccc3Cl)no2)C1. The molecule has 0 radical (unpaired) electrons. The standard InChI is InChI=1S/C27H30ClN5O3/c28-22-12-4-2-10-20(22)25-30-24(36-31-25)18-32-14-8-9-19(17-32)26(34)29-23-13-5-3-11-21(23)27(35)33-15-6-1-7-16-33/h2-5,10-13,19H,1,6-9,14-18H2,(H,29,34). The summed E-state index contributed by atoms with van der Waals surface area (Å²) in [7, 11) is 0. The first-order valence-corrected chi connectivity index (χ1v) is 13.0. The minimum Gasteiger partial charge on any atom is -0.339 e. The quantitative estimate of drug-likeness (QED) is 0.512. The molecular formula is C27H30ClN5O3. The van der Waals surface area contributed by atoms with E-state index in [9.17, 15) is 9.59 Å². The van der Waals surface area contributed by atoms with E-state index in [1.165, 1.54) is 0 Å². The molecule has 9 heteroatoms. The Morgan fingerprint density at radius 2 is 1.78 bits per heavy atom. The average molecular weight is 508 g/mol. The second-order valence-electron chi connectivity index (χ2n) is 9.45. The molecule has 2 fully saturated rings. The molecule has 0 saturated carbocycles. The topological polar surface area (TPSA) is 91.6 Å². The third-order valence-electron chi connectivity index (χ3n) is 6.88. The number of hydrogen-bond donors (Lipinski definition) is 1. The van der Waals surface area contributed by atoms with E-state index in [0.717, 1.165) is 57.3 Å². The number of piperidine rings is 2. The Hall–Kier alpha value is -3.23. The molecule has 0 bridgehead atoms. The molecule has 3 aromatic rings. The van der Waals surface area contributed by atoms with Crippen molar-refractivity contribution in [1.29, 1.82) is 0 Å². The van der Waals surface area contributed by atoms with E-state index in [2.05, 4.69) is 20.4 Å². The van der Waals surface area contributed by atoms with Crippen molar-refractivity contribution in [3.63, 3.8) is 0 Å². The number of anilines is 1. The second kappa shape index (κ2) is 11.2. The Balaban J connectivity index is 1.22. The molecular weight excluding hydrogens is 478 g/mol. The molecule has 188 valence electrons. The van der Waals surface area contributed by atoms with Crippen molar-refractivity contribution in [1.82, 2.24) is 19.9 Å². The van der Waals surface area contributed by atoms with Gasteiger partial charge in [-0.1, -0.05) is 41.0 Å². The Morgan fingerprint density at radius 1 is 1.00 bits per heavy atom. The second-order valence-corrected chi connectivity index (χ2v) is 9.86. The first-order chi connectivity index (χ1) is 17.6. The predicted molar refractivity (Wildman–Crippen MR) is 138 cm³/mol. The van der Waals surface area contributed by atoms with Gasteiger partial charge < -0.3 is 14.7 Å². The molecule has 8 nitrogen and oxygen atoms in total. The van der Waals surface area contributed by atoms with Gasteiger partial charge >= 0.3 is 0 Å². The van der Waals surface area contributed by atoms with Gasteiger partial charge in [-0.15, -0.1) is 0 Å². The van der Waals surface area contributed by atoms with E-state index in [1.54, 1.807) is 12.1 Å². The van der Waals surface area contributed by atoms with Crippen molar-refractivity contribution < 1.29 is 14.1 Å². The van der Waals surface area contributed by atoms with Crippen LogP contribution in [0.3, 0.4) is 0 Å². The van der Waals surface area contributed by atoms with Crippen LogP contribution in [0.1, 0.15) is 48.4 Å². The van der Waals surface area contributed by atoms with Crippen LogP contribution in [0.15, 0.2) is 53.1 Å². The smallest absolute Gasteiger partial charge is 0.255 e. The molecule has 1 aromatic heterocycles. The minimum atomic E-state index is -0.192. The van der Waals surface area contributed by atoms with Crippen molar-refractivity contribution in [2.45, 2.75) is 38.6 Å². The zero-order valence-electron chi connectivity index (χ0n) is 20.2. The minimum absolute atomic E-state index is 0.0124. The maximum absolute atomic E-state index is 13.2. The van der Waals surface area contributed by atoms with Gasteiger partial charge in [-0.25, -0.2) is 0 Å². The molecule has 2 saturated heterocycles. The number of amides is 2. The fourth-order valence-electron chi connectivity index (χ4n) is 4.96. The van der Waals surface area contributed by atoms with E-state index in [0.29, 0.717) is 41.1 Å². The molecule has 2 aliphatic heterocycles. The molecule has 1 unspecified atom stereocenters. The molecule has 5 rings (SSSR count). The number of carbonyl (C=O) groups is 2. The number of rotatable bonds is 6. The van der Waals surface area contributed by atoms with Crippen LogP contribution in [0.25, 0.3) is 11.4 Å². The van der Waals surface area contributed by atoms with E-state index in [1.807, 2.05) is 41.3 Å². The molecule has 3 heterocycles. The number of para-hydroxylation sites is 1. The first kappa shape index (κ1) is 24.5. The van der Waals surface area contributed by atoms with Gasteiger partial charge in [0.05, 0.1) is 28.7 Å². The highest BCUT2D eigenvalue weighted by molar-refractivity contribution is 6.33.